The minimum atomic E-state index is -0.173. The first-order valence-electron chi connectivity index (χ1n) is 8.31. The number of hydrogen-bond acceptors (Lipinski definition) is 4. The fourth-order valence-electron chi connectivity index (χ4n) is 3.37. The molecule has 1 atom stereocenters. The number of carbonyl (C=O) groups is 1. The van der Waals surface area contributed by atoms with E-state index in [1.54, 1.807) is 18.2 Å². The van der Waals surface area contributed by atoms with Gasteiger partial charge in [-0.2, -0.15) is 0 Å². The van der Waals surface area contributed by atoms with Gasteiger partial charge >= 0.3 is 0 Å². The summed E-state index contributed by atoms with van der Waals surface area (Å²) >= 11 is 6.07. The summed E-state index contributed by atoms with van der Waals surface area (Å²) in [4.78, 5) is 18.7. The van der Waals surface area contributed by atoms with Gasteiger partial charge < -0.3 is 14.1 Å². The van der Waals surface area contributed by atoms with Gasteiger partial charge in [0.2, 0.25) is 5.91 Å². The van der Waals surface area contributed by atoms with Crippen LogP contribution in [0.25, 0.3) is 11.3 Å². The average Bonchev–Trinajstić information content (AvgIpc) is 3.31. The SMILES string of the molecule is COc1cc(N2CCC(c3cccc(Cl)c3)C2=O)ccc1-c1cnco1. The van der Waals surface area contributed by atoms with Gasteiger partial charge in [0.05, 0.1) is 24.8 Å². The van der Waals surface area contributed by atoms with Crippen molar-refractivity contribution in [2.75, 3.05) is 18.6 Å². The third kappa shape index (κ3) is 2.95. The molecule has 0 N–H and O–H groups in total. The largest absolute Gasteiger partial charge is 0.496 e. The Hall–Kier alpha value is -2.79. The third-order valence-corrected chi connectivity index (χ3v) is 4.89. The Morgan fingerprint density at radius 2 is 2.15 bits per heavy atom. The van der Waals surface area contributed by atoms with Crippen molar-refractivity contribution < 1.29 is 13.9 Å². The molecule has 1 unspecified atom stereocenters. The van der Waals surface area contributed by atoms with Crippen LogP contribution in [0.2, 0.25) is 5.02 Å². The van der Waals surface area contributed by atoms with E-state index >= 15 is 0 Å². The molecule has 1 saturated heterocycles. The number of nitrogens with zero attached hydrogens (tertiary/aromatic N) is 2. The van der Waals surface area contributed by atoms with Gasteiger partial charge in [-0.3, -0.25) is 4.79 Å². The fourth-order valence-corrected chi connectivity index (χ4v) is 3.57. The van der Waals surface area contributed by atoms with E-state index in [0.717, 1.165) is 23.2 Å². The van der Waals surface area contributed by atoms with E-state index in [2.05, 4.69) is 4.98 Å². The Balaban J connectivity index is 1.63. The molecule has 26 heavy (non-hydrogen) atoms. The van der Waals surface area contributed by atoms with Crippen LogP contribution in [0, 0.1) is 0 Å². The van der Waals surface area contributed by atoms with Crippen LogP contribution in [-0.4, -0.2) is 24.5 Å². The van der Waals surface area contributed by atoms with E-state index in [1.165, 1.54) is 6.39 Å². The molecular weight excluding hydrogens is 352 g/mol. The van der Waals surface area contributed by atoms with E-state index < -0.39 is 0 Å². The number of hydrogen-bond donors (Lipinski definition) is 0. The van der Waals surface area contributed by atoms with Crippen LogP contribution in [0.3, 0.4) is 0 Å². The van der Waals surface area contributed by atoms with Crippen LogP contribution in [0.4, 0.5) is 5.69 Å². The Labute approximate surface area is 156 Å². The van der Waals surface area contributed by atoms with Gasteiger partial charge in [-0.1, -0.05) is 23.7 Å². The molecule has 1 aliphatic heterocycles. The maximum absolute atomic E-state index is 12.9. The molecule has 4 rings (SSSR count). The van der Waals surface area contributed by atoms with Crippen molar-refractivity contribution in [2.45, 2.75) is 12.3 Å². The van der Waals surface area contributed by atoms with Crippen molar-refractivity contribution in [3.05, 3.63) is 65.6 Å². The standard InChI is InChI=1S/C20H17ClN2O3/c1-25-18-10-15(5-6-17(18)19-11-22-12-26-19)23-8-7-16(20(23)24)13-3-2-4-14(21)9-13/h2-6,9-12,16H,7-8H2,1H3. The van der Waals surface area contributed by atoms with Gasteiger partial charge in [0, 0.05) is 23.3 Å². The van der Waals surface area contributed by atoms with Gasteiger partial charge in [0.15, 0.2) is 12.2 Å². The summed E-state index contributed by atoms with van der Waals surface area (Å²) in [6.45, 7) is 0.654. The minimum absolute atomic E-state index is 0.0711. The second-order valence-electron chi connectivity index (χ2n) is 6.14. The zero-order chi connectivity index (χ0) is 18.1. The highest BCUT2D eigenvalue weighted by Crippen LogP contribution is 2.37. The maximum Gasteiger partial charge on any atom is 0.234 e. The molecule has 0 saturated carbocycles. The van der Waals surface area contributed by atoms with Crippen LogP contribution in [0.1, 0.15) is 17.9 Å². The molecule has 0 radical (unpaired) electrons. The lowest BCUT2D eigenvalue weighted by atomic mass is 9.98. The highest BCUT2D eigenvalue weighted by atomic mass is 35.5. The molecule has 1 aliphatic rings. The number of methoxy groups -OCH3 is 1. The second-order valence-corrected chi connectivity index (χ2v) is 6.57. The molecular formula is C20H17ClN2O3. The smallest absolute Gasteiger partial charge is 0.234 e. The number of carbonyl (C=O) groups excluding carboxylic acids is 1. The predicted octanol–water partition coefficient (Wildman–Crippen LogP) is 4.52. The zero-order valence-corrected chi connectivity index (χ0v) is 14.9. The van der Waals surface area contributed by atoms with E-state index in [4.69, 9.17) is 20.8 Å². The molecule has 132 valence electrons. The summed E-state index contributed by atoms with van der Waals surface area (Å²) in [6.07, 6.45) is 3.77. The maximum atomic E-state index is 12.9. The molecule has 0 aliphatic carbocycles. The van der Waals surface area contributed by atoms with Crippen molar-refractivity contribution in [1.82, 2.24) is 4.98 Å². The first kappa shape index (κ1) is 16.7. The second kappa shape index (κ2) is 6.84. The lowest BCUT2D eigenvalue weighted by Crippen LogP contribution is -2.26. The molecule has 1 fully saturated rings. The monoisotopic (exact) mass is 368 g/mol. The Kier molecular flexibility index (Phi) is 4.39. The quantitative estimate of drug-likeness (QED) is 0.679. The molecule has 3 aromatic rings. The molecule has 1 amide bonds. The zero-order valence-electron chi connectivity index (χ0n) is 14.2. The topological polar surface area (TPSA) is 55.6 Å². The van der Waals surface area contributed by atoms with Crippen LogP contribution in [0.5, 0.6) is 5.75 Å². The van der Waals surface area contributed by atoms with Gasteiger partial charge in [0.25, 0.3) is 0 Å². The molecule has 0 spiro atoms. The summed E-state index contributed by atoms with van der Waals surface area (Å²) in [5, 5.41) is 0.645. The van der Waals surface area contributed by atoms with E-state index in [9.17, 15) is 4.79 Å². The van der Waals surface area contributed by atoms with E-state index in [-0.39, 0.29) is 11.8 Å². The number of aromatic nitrogens is 1. The van der Waals surface area contributed by atoms with Gasteiger partial charge in [0.1, 0.15) is 5.75 Å². The fraction of sp³-hybridized carbons (Fsp3) is 0.200. The lowest BCUT2D eigenvalue weighted by molar-refractivity contribution is -0.118. The van der Waals surface area contributed by atoms with Crippen molar-refractivity contribution in [2.24, 2.45) is 0 Å². The number of oxazole rings is 1. The van der Waals surface area contributed by atoms with Gasteiger partial charge in [-0.15, -0.1) is 0 Å². The summed E-state index contributed by atoms with van der Waals surface area (Å²) in [6, 6.07) is 13.1. The molecule has 5 nitrogen and oxygen atoms in total. The lowest BCUT2D eigenvalue weighted by Gasteiger charge is -2.19. The Bertz CT molecular complexity index is 940. The normalized spacial score (nSPS) is 16.9. The highest BCUT2D eigenvalue weighted by Gasteiger charge is 2.34. The summed E-state index contributed by atoms with van der Waals surface area (Å²) in [5.74, 6) is 1.16. The third-order valence-electron chi connectivity index (χ3n) is 4.65. The highest BCUT2D eigenvalue weighted by molar-refractivity contribution is 6.30. The van der Waals surface area contributed by atoms with Crippen molar-refractivity contribution >= 4 is 23.2 Å². The molecule has 6 heteroatoms. The summed E-state index contributed by atoms with van der Waals surface area (Å²) in [5.41, 5.74) is 2.56. The van der Waals surface area contributed by atoms with Crippen molar-refractivity contribution in [1.29, 1.82) is 0 Å². The first-order chi connectivity index (χ1) is 12.7. The molecule has 2 heterocycles. The summed E-state index contributed by atoms with van der Waals surface area (Å²) in [7, 11) is 1.60. The number of rotatable bonds is 4. The Morgan fingerprint density at radius 3 is 2.88 bits per heavy atom. The van der Waals surface area contributed by atoms with E-state index in [0.29, 0.717) is 23.1 Å². The van der Waals surface area contributed by atoms with Crippen LogP contribution in [-0.2, 0) is 4.79 Å². The van der Waals surface area contributed by atoms with E-state index in [1.807, 2.05) is 42.5 Å². The summed E-state index contributed by atoms with van der Waals surface area (Å²) < 4.78 is 10.8. The predicted molar refractivity (Wildman–Crippen MR) is 99.7 cm³/mol. The van der Waals surface area contributed by atoms with Gasteiger partial charge in [-0.25, -0.2) is 4.98 Å². The molecule has 0 bridgehead atoms. The number of amides is 1. The van der Waals surface area contributed by atoms with Crippen LogP contribution < -0.4 is 9.64 Å². The Morgan fingerprint density at radius 1 is 1.27 bits per heavy atom. The number of benzene rings is 2. The number of halogens is 1. The van der Waals surface area contributed by atoms with Crippen molar-refractivity contribution in [3.8, 4) is 17.1 Å². The molecule has 2 aromatic carbocycles. The number of anilines is 1. The molecule has 1 aromatic heterocycles. The van der Waals surface area contributed by atoms with Crippen LogP contribution >= 0.6 is 11.6 Å². The van der Waals surface area contributed by atoms with Crippen molar-refractivity contribution in [3.63, 3.8) is 0 Å². The number of ether oxygens (including phenoxy) is 1. The first-order valence-corrected chi connectivity index (χ1v) is 8.69. The van der Waals surface area contributed by atoms with Crippen LogP contribution in [0.15, 0.2) is 59.5 Å². The minimum Gasteiger partial charge on any atom is -0.496 e. The van der Waals surface area contributed by atoms with Gasteiger partial charge in [-0.05, 0) is 36.2 Å². The average molecular weight is 369 g/mol.